The predicted molar refractivity (Wildman–Crippen MR) is 56.4 cm³/mol. The summed E-state index contributed by atoms with van der Waals surface area (Å²) in [4.78, 5) is 0. The number of hydrogen-bond acceptors (Lipinski definition) is 4. The van der Waals surface area contributed by atoms with Gasteiger partial charge in [-0.15, -0.1) is 0 Å². The van der Waals surface area contributed by atoms with Gasteiger partial charge in [-0.1, -0.05) is 6.92 Å². The van der Waals surface area contributed by atoms with Crippen LogP contribution in [0.2, 0.25) is 0 Å². The van der Waals surface area contributed by atoms with E-state index in [1.807, 2.05) is 13.8 Å². The van der Waals surface area contributed by atoms with Gasteiger partial charge in [-0.25, -0.2) is 0 Å². The highest BCUT2D eigenvalue weighted by molar-refractivity contribution is 4.89. The molecule has 0 spiro atoms. The second-order valence-electron chi connectivity index (χ2n) is 5.01. The molecule has 4 nitrogen and oxygen atoms in total. The van der Waals surface area contributed by atoms with Crippen molar-refractivity contribution in [2.75, 3.05) is 13.2 Å². The summed E-state index contributed by atoms with van der Waals surface area (Å²) in [6.07, 6.45) is 1.05. The molecule has 2 aliphatic rings. The van der Waals surface area contributed by atoms with Crippen LogP contribution in [0.15, 0.2) is 0 Å². The fourth-order valence-corrected chi connectivity index (χ4v) is 2.32. The molecule has 2 saturated heterocycles. The van der Waals surface area contributed by atoms with Crippen LogP contribution in [0, 0.1) is 5.92 Å². The number of hydrogen-bond donors (Lipinski definition) is 1. The maximum Gasteiger partial charge on any atom is 0.163 e. The molecule has 0 aliphatic carbocycles. The Labute approximate surface area is 91.1 Å². The van der Waals surface area contributed by atoms with Gasteiger partial charge in [-0.2, -0.15) is 0 Å². The molecule has 0 radical (unpaired) electrons. The van der Waals surface area contributed by atoms with Gasteiger partial charge < -0.3 is 19.9 Å². The monoisotopic (exact) mass is 215 g/mol. The molecule has 0 aromatic rings. The van der Waals surface area contributed by atoms with E-state index in [4.69, 9.17) is 19.9 Å². The van der Waals surface area contributed by atoms with E-state index in [2.05, 4.69) is 6.92 Å². The Morgan fingerprint density at radius 2 is 2.07 bits per heavy atom. The molecule has 0 unspecified atom stereocenters. The molecular formula is C11H21NO3. The maximum atomic E-state index is 6.03. The topological polar surface area (TPSA) is 53.7 Å². The van der Waals surface area contributed by atoms with E-state index in [0.29, 0.717) is 12.5 Å². The average molecular weight is 215 g/mol. The number of nitrogens with two attached hydrogens (primary N) is 1. The molecule has 4 heteroatoms. The van der Waals surface area contributed by atoms with Crippen molar-refractivity contribution >= 4 is 0 Å². The summed E-state index contributed by atoms with van der Waals surface area (Å²) in [5.41, 5.74) is 6.03. The fraction of sp³-hybridized carbons (Fsp3) is 1.00. The van der Waals surface area contributed by atoms with Gasteiger partial charge in [0.1, 0.15) is 6.10 Å². The molecule has 0 amide bonds. The van der Waals surface area contributed by atoms with Crippen molar-refractivity contribution in [3.05, 3.63) is 0 Å². The van der Waals surface area contributed by atoms with E-state index in [1.54, 1.807) is 0 Å². The van der Waals surface area contributed by atoms with Gasteiger partial charge in [-0.3, -0.25) is 0 Å². The second-order valence-corrected chi connectivity index (χ2v) is 5.01. The van der Waals surface area contributed by atoms with Crippen LogP contribution in [0.3, 0.4) is 0 Å². The van der Waals surface area contributed by atoms with Crippen LogP contribution < -0.4 is 5.73 Å². The smallest absolute Gasteiger partial charge is 0.163 e. The normalized spacial score (nSPS) is 45.6. The van der Waals surface area contributed by atoms with Crippen molar-refractivity contribution in [3.63, 3.8) is 0 Å². The minimum Gasteiger partial charge on any atom is -0.375 e. The van der Waals surface area contributed by atoms with Gasteiger partial charge in [0, 0.05) is 18.6 Å². The van der Waals surface area contributed by atoms with Crippen molar-refractivity contribution in [2.24, 2.45) is 11.7 Å². The Bertz CT molecular complexity index is 232. The van der Waals surface area contributed by atoms with E-state index in [9.17, 15) is 0 Å². The minimum atomic E-state index is -0.477. The van der Waals surface area contributed by atoms with Crippen LogP contribution in [-0.2, 0) is 14.2 Å². The molecule has 2 rings (SSSR count). The summed E-state index contributed by atoms with van der Waals surface area (Å²) in [5, 5.41) is 0. The molecule has 2 fully saturated rings. The van der Waals surface area contributed by atoms with Crippen molar-refractivity contribution in [1.29, 1.82) is 0 Å². The highest BCUT2D eigenvalue weighted by atomic mass is 16.7. The largest absolute Gasteiger partial charge is 0.375 e. The molecule has 4 atom stereocenters. The summed E-state index contributed by atoms with van der Waals surface area (Å²) >= 11 is 0. The molecular weight excluding hydrogens is 194 g/mol. The summed E-state index contributed by atoms with van der Waals surface area (Å²) in [6, 6.07) is 0.219. The Morgan fingerprint density at radius 1 is 1.33 bits per heavy atom. The van der Waals surface area contributed by atoms with Gasteiger partial charge in [0.15, 0.2) is 5.79 Å². The third-order valence-electron chi connectivity index (χ3n) is 3.35. The molecule has 15 heavy (non-hydrogen) atoms. The zero-order chi connectivity index (χ0) is 11.1. The fourth-order valence-electron chi connectivity index (χ4n) is 2.32. The van der Waals surface area contributed by atoms with Crippen LogP contribution in [0.25, 0.3) is 0 Å². The number of ether oxygens (including phenoxy) is 3. The Hall–Kier alpha value is -0.160. The summed E-state index contributed by atoms with van der Waals surface area (Å²) in [7, 11) is 0. The first-order valence-electron chi connectivity index (χ1n) is 5.68. The van der Waals surface area contributed by atoms with Crippen LogP contribution in [-0.4, -0.2) is 37.3 Å². The molecule has 0 saturated carbocycles. The van der Waals surface area contributed by atoms with Crippen molar-refractivity contribution in [1.82, 2.24) is 0 Å². The van der Waals surface area contributed by atoms with Crippen LogP contribution in [0.4, 0.5) is 0 Å². The first kappa shape index (κ1) is 11.3. The van der Waals surface area contributed by atoms with Gasteiger partial charge >= 0.3 is 0 Å². The third-order valence-corrected chi connectivity index (χ3v) is 3.35. The molecule has 0 aromatic carbocycles. The molecule has 0 bridgehead atoms. The SMILES string of the molecule is C[C@H]1[C@H]([C@H]2COC(C)(C)O2)OCC[C@@H]1N. The van der Waals surface area contributed by atoms with Crippen LogP contribution >= 0.6 is 0 Å². The van der Waals surface area contributed by atoms with Crippen LogP contribution in [0.5, 0.6) is 0 Å². The predicted octanol–water partition coefficient (Wildman–Crippen LogP) is 0.890. The second kappa shape index (κ2) is 4.01. The van der Waals surface area contributed by atoms with Crippen LogP contribution in [0.1, 0.15) is 27.2 Å². The quantitative estimate of drug-likeness (QED) is 0.706. The van der Waals surface area contributed by atoms with E-state index in [1.165, 1.54) is 0 Å². The highest BCUT2D eigenvalue weighted by Gasteiger charge is 2.42. The van der Waals surface area contributed by atoms with Gasteiger partial charge in [0.2, 0.25) is 0 Å². The van der Waals surface area contributed by atoms with E-state index in [-0.39, 0.29) is 18.2 Å². The lowest BCUT2D eigenvalue weighted by molar-refractivity contribution is -0.169. The summed E-state index contributed by atoms with van der Waals surface area (Å²) in [6.45, 7) is 7.33. The summed E-state index contributed by atoms with van der Waals surface area (Å²) < 4.78 is 17.1. The Kier molecular flexibility index (Phi) is 3.03. The highest BCUT2D eigenvalue weighted by Crippen LogP contribution is 2.31. The van der Waals surface area contributed by atoms with E-state index >= 15 is 0 Å². The Morgan fingerprint density at radius 3 is 2.67 bits per heavy atom. The summed E-state index contributed by atoms with van der Waals surface area (Å²) in [5.74, 6) is -0.142. The standard InChI is InChI=1S/C11H21NO3/c1-7-8(12)4-5-13-10(7)9-6-14-11(2,3)15-9/h7-10H,4-6,12H2,1-3H3/t7-,8+,9-,10-/m1/s1. The molecule has 88 valence electrons. The van der Waals surface area contributed by atoms with Crippen molar-refractivity contribution in [3.8, 4) is 0 Å². The molecule has 2 aliphatic heterocycles. The average Bonchev–Trinajstić information content (AvgIpc) is 2.51. The molecule has 2 N–H and O–H groups in total. The van der Waals surface area contributed by atoms with Crippen molar-refractivity contribution in [2.45, 2.75) is 51.2 Å². The van der Waals surface area contributed by atoms with Gasteiger partial charge in [0.05, 0.1) is 12.7 Å². The first-order chi connectivity index (χ1) is 6.99. The zero-order valence-corrected chi connectivity index (χ0v) is 9.73. The van der Waals surface area contributed by atoms with Crippen molar-refractivity contribution < 1.29 is 14.2 Å². The third kappa shape index (κ3) is 2.33. The minimum absolute atomic E-state index is 0.0290. The molecule has 0 aromatic heterocycles. The Balaban J connectivity index is 1.98. The van der Waals surface area contributed by atoms with E-state index < -0.39 is 5.79 Å². The first-order valence-corrected chi connectivity index (χ1v) is 5.68. The van der Waals surface area contributed by atoms with E-state index in [0.717, 1.165) is 13.0 Å². The maximum absolute atomic E-state index is 6.03. The number of rotatable bonds is 1. The lowest BCUT2D eigenvalue weighted by atomic mass is 9.89. The van der Waals surface area contributed by atoms with Gasteiger partial charge in [-0.05, 0) is 20.3 Å². The molecule has 2 heterocycles. The lowest BCUT2D eigenvalue weighted by Crippen LogP contribution is -2.49. The zero-order valence-electron chi connectivity index (χ0n) is 9.73. The lowest BCUT2D eigenvalue weighted by Gasteiger charge is -2.36. The van der Waals surface area contributed by atoms with Gasteiger partial charge in [0.25, 0.3) is 0 Å².